The number of aliphatic carboxylic acids is 1. The highest BCUT2D eigenvalue weighted by Gasteiger charge is 2.28. The number of aryl methyl sites for hydroxylation is 1. The molecule has 0 spiro atoms. The Morgan fingerprint density at radius 2 is 1.73 bits per heavy atom. The number of rotatable bonds is 9. The molecule has 0 aliphatic rings. The summed E-state index contributed by atoms with van der Waals surface area (Å²) in [6, 6.07) is 18.5. The maximum atomic E-state index is 12.1. The fraction of sp³-hybridized carbons (Fsp3) is 0.208. The van der Waals surface area contributed by atoms with Gasteiger partial charge in [0.2, 0.25) is 5.82 Å². The summed E-state index contributed by atoms with van der Waals surface area (Å²) in [5, 5.41) is 18.2. The second-order valence-electron chi connectivity index (χ2n) is 7.20. The minimum atomic E-state index is -0.944. The van der Waals surface area contributed by atoms with Crippen LogP contribution in [0.15, 0.2) is 70.2 Å². The standard InChI is InChI=1S/C24H23N3O5S/c1-15-12-13-19(32-15)22-25-26-24(27(22)21-17(30-2)10-7-11-18(21)31-3)33-20(23(28)29)14-16-8-5-4-6-9-16/h4-13,20H,14H2,1-3H3,(H,28,29). The van der Waals surface area contributed by atoms with Crippen LogP contribution in [0.2, 0.25) is 0 Å². The molecule has 0 fully saturated rings. The Hall–Kier alpha value is -3.72. The molecule has 8 nitrogen and oxygen atoms in total. The number of hydrogen-bond donors (Lipinski definition) is 1. The number of aromatic nitrogens is 3. The SMILES string of the molecule is COc1cccc(OC)c1-n1c(SC(Cc2ccccc2)C(=O)O)nnc1-c1ccc(C)o1. The van der Waals surface area contributed by atoms with Crippen LogP contribution in [0.3, 0.4) is 0 Å². The van der Waals surface area contributed by atoms with Gasteiger partial charge in [-0.15, -0.1) is 10.2 Å². The fourth-order valence-corrected chi connectivity index (χ4v) is 4.45. The van der Waals surface area contributed by atoms with E-state index in [0.29, 0.717) is 46.1 Å². The zero-order valence-corrected chi connectivity index (χ0v) is 19.2. The molecule has 4 aromatic rings. The third-order valence-electron chi connectivity index (χ3n) is 5.01. The molecule has 2 aromatic carbocycles. The first-order valence-corrected chi connectivity index (χ1v) is 11.1. The van der Waals surface area contributed by atoms with Crippen molar-refractivity contribution in [3.63, 3.8) is 0 Å². The Bertz CT molecular complexity index is 1230. The number of hydrogen-bond acceptors (Lipinski definition) is 7. The number of carboxylic acids is 1. The summed E-state index contributed by atoms with van der Waals surface area (Å²) in [4.78, 5) is 12.1. The summed E-state index contributed by atoms with van der Waals surface area (Å²) in [7, 11) is 3.11. The van der Waals surface area contributed by atoms with Crippen LogP contribution in [0, 0.1) is 6.92 Å². The van der Waals surface area contributed by atoms with E-state index in [1.54, 1.807) is 37.0 Å². The van der Waals surface area contributed by atoms with E-state index < -0.39 is 11.2 Å². The quantitative estimate of drug-likeness (QED) is 0.357. The van der Waals surface area contributed by atoms with E-state index in [4.69, 9.17) is 13.9 Å². The van der Waals surface area contributed by atoms with E-state index in [9.17, 15) is 9.90 Å². The molecule has 0 saturated heterocycles. The van der Waals surface area contributed by atoms with Gasteiger partial charge in [-0.3, -0.25) is 9.36 Å². The van der Waals surface area contributed by atoms with Crippen molar-refractivity contribution in [3.05, 3.63) is 72.0 Å². The lowest BCUT2D eigenvalue weighted by Crippen LogP contribution is -2.20. The monoisotopic (exact) mass is 465 g/mol. The van der Waals surface area contributed by atoms with Crippen LogP contribution >= 0.6 is 11.8 Å². The average Bonchev–Trinajstić information content (AvgIpc) is 3.44. The fourth-order valence-electron chi connectivity index (χ4n) is 3.45. The van der Waals surface area contributed by atoms with Crippen molar-refractivity contribution in [2.45, 2.75) is 23.8 Å². The summed E-state index contributed by atoms with van der Waals surface area (Å²) >= 11 is 1.11. The van der Waals surface area contributed by atoms with Gasteiger partial charge in [0.05, 0.1) is 14.2 Å². The van der Waals surface area contributed by atoms with E-state index in [2.05, 4.69) is 10.2 Å². The molecular formula is C24H23N3O5S. The van der Waals surface area contributed by atoms with Crippen molar-refractivity contribution in [1.82, 2.24) is 14.8 Å². The molecule has 2 aromatic heterocycles. The minimum Gasteiger partial charge on any atom is -0.494 e. The predicted molar refractivity (Wildman–Crippen MR) is 124 cm³/mol. The van der Waals surface area contributed by atoms with Crippen molar-refractivity contribution in [1.29, 1.82) is 0 Å². The van der Waals surface area contributed by atoms with Crippen molar-refractivity contribution in [2.24, 2.45) is 0 Å². The maximum Gasteiger partial charge on any atom is 0.317 e. The molecule has 1 N–H and O–H groups in total. The number of nitrogens with zero attached hydrogens (tertiary/aromatic N) is 3. The topological polar surface area (TPSA) is 99.6 Å². The summed E-state index contributed by atoms with van der Waals surface area (Å²) in [6.07, 6.45) is 0.325. The van der Waals surface area contributed by atoms with E-state index in [0.717, 1.165) is 17.3 Å². The van der Waals surface area contributed by atoms with E-state index in [-0.39, 0.29) is 0 Å². The number of thioether (sulfide) groups is 1. The molecule has 1 atom stereocenters. The van der Waals surface area contributed by atoms with E-state index in [1.165, 1.54) is 0 Å². The van der Waals surface area contributed by atoms with Crippen LogP contribution in [0.4, 0.5) is 0 Å². The molecule has 0 aliphatic carbocycles. The number of ether oxygens (including phenoxy) is 2. The van der Waals surface area contributed by atoms with Crippen LogP contribution in [0.25, 0.3) is 17.3 Å². The van der Waals surface area contributed by atoms with Gasteiger partial charge >= 0.3 is 5.97 Å². The molecule has 0 radical (unpaired) electrons. The zero-order chi connectivity index (χ0) is 23.4. The van der Waals surface area contributed by atoms with Crippen LogP contribution in [0.1, 0.15) is 11.3 Å². The van der Waals surface area contributed by atoms with E-state index >= 15 is 0 Å². The van der Waals surface area contributed by atoms with Gasteiger partial charge in [-0.25, -0.2) is 0 Å². The van der Waals surface area contributed by atoms with Gasteiger partial charge in [0.25, 0.3) is 0 Å². The summed E-state index contributed by atoms with van der Waals surface area (Å²) in [5.74, 6) is 1.73. The molecule has 0 aliphatic heterocycles. The van der Waals surface area contributed by atoms with Gasteiger partial charge in [-0.05, 0) is 43.2 Å². The number of para-hydroxylation sites is 1. The average molecular weight is 466 g/mol. The Labute approximate surface area is 195 Å². The Morgan fingerprint density at radius 1 is 1.03 bits per heavy atom. The van der Waals surface area contributed by atoms with Crippen LogP contribution in [0.5, 0.6) is 11.5 Å². The lowest BCUT2D eigenvalue weighted by molar-refractivity contribution is -0.136. The van der Waals surface area contributed by atoms with Crippen molar-refractivity contribution < 1.29 is 23.8 Å². The maximum absolute atomic E-state index is 12.1. The molecule has 33 heavy (non-hydrogen) atoms. The van der Waals surface area contributed by atoms with Crippen LogP contribution in [-0.2, 0) is 11.2 Å². The zero-order valence-electron chi connectivity index (χ0n) is 18.4. The molecule has 4 rings (SSSR count). The van der Waals surface area contributed by atoms with Gasteiger partial charge in [-0.1, -0.05) is 48.2 Å². The summed E-state index contributed by atoms with van der Waals surface area (Å²) in [6.45, 7) is 1.84. The highest BCUT2D eigenvalue weighted by molar-refractivity contribution is 8.00. The first kappa shape index (κ1) is 22.5. The molecule has 0 amide bonds. The van der Waals surface area contributed by atoms with Gasteiger partial charge in [0.1, 0.15) is 28.2 Å². The Kier molecular flexibility index (Phi) is 6.69. The summed E-state index contributed by atoms with van der Waals surface area (Å²) < 4.78 is 18.7. The van der Waals surface area contributed by atoms with Gasteiger partial charge in [0, 0.05) is 0 Å². The van der Waals surface area contributed by atoms with Crippen molar-refractivity contribution >= 4 is 17.7 Å². The van der Waals surface area contributed by atoms with Crippen LogP contribution < -0.4 is 9.47 Å². The minimum absolute atomic E-state index is 0.325. The van der Waals surface area contributed by atoms with Crippen molar-refractivity contribution in [2.75, 3.05) is 14.2 Å². The molecule has 0 saturated carbocycles. The van der Waals surface area contributed by atoms with Crippen LogP contribution in [-0.4, -0.2) is 45.3 Å². The Balaban J connectivity index is 1.84. The number of carboxylic acid groups (broad SMARTS) is 1. The lowest BCUT2D eigenvalue weighted by Gasteiger charge is -2.18. The first-order valence-electron chi connectivity index (χ1n) is 10.2. The lowest BCUT2D eigenvalue weighted by atomic mass is 10.1. The number of carbonyl (C=O) groups is 1. The first-order chi connectivity index (χ1) is 16.0. The predicted octanol–water partition coefficient (Wildman–Crippen LogP) is 4.64. The molecule has 0 bridgehead atoms. The smallest absolute Gasteiger partial charge is 0.317 e. The number of methoxy groups -OCH3 is 2. The van der Waals surface area contributed by atoms with Gasteiger partial charge in [-0.2, -0.15) is 0 Å². The van der Waals surface area contributed by atoms with E-state index in [1.807, 2.05) is 49.4 Å². The highest BCUT2D eigenvalue weighted by Crippen LogP contribution is 2.39. The molecule has 1 unspecified atom stereocenters. The third-order valence-corrected chi connectivity index (χ3v) is 6.13. The third kappa shape index (κ3) is 4.73. The highest BCUT2D eigenvalue weighted by atomic mass is 32.2. The number of furan rings is 1. The molecular weight excluding hydrogens is 442 g/mol. The largest absolute Gasteiger partial charge is 0.494 e. The Morgan fingerprint density at radius 3 is 2.30 bits per heavy atom. The molecule has 2 heterocycles. The van der Waals surface area contributed by atoms with Crippen molar-refractivity contribution in [3.8, 4) is 28.8 Å². The normalized spacial score (nSPS) is 11.8. The second-order valence-corrected chi connectivity index (χ2v) is 8.37. The number of benzene rings is 2. The van der Waals surface area contributed by atoms with Gasteiger partial charge < -0.3 is 19.0 Å². The second kappa shape index (κ2) is 9.83. The molecule has 9 heteroatoms. The summed E-state index contributed by atoms with van der Waals surface area (Å²) in [5.41, 5.74) is 1.48. The molecule has 170 valence electrons. The van der Waals surface area contributed by atoms with Gasteiger partial charge in [0.15, 0.2) is 10.9 Å².